The number of nitrogens with one attached hydrogen (secondary N) is 1. The molecule has 0 bridgehead atoms. The van der Waals surface area contributed by atoms with Gasteiger partial charge in [0.05, 0.1) is 18.3 Å². The number of hydrogen-bond donors (Lipinski definition) is 2. The standard InChI is InChI=1S/C19H22N2O4S/c22-14-17-13-21(26(24,25)20-17)18-11-10-16(12-19(18)23)9-5-4-8-15-6-2-1-3-7-15/h1-3,6-7,10-12,14,17,20,23H,4-5,8-9,13H2. The number of phenols is 1. The first-order chi connectivity index (χ1) is 12.5. The van der Waals surface area contributed by atoms with Gasteiger partial charge in [-0.15, -0.1) is 0 Å². The summed E-state index contributed by atoms with van der Waals surface area (Å²) in [5.74, 6) is -0.0949. The molecule has 0 amide bonds. The Morgan fingerprint density at radius 1 is 1.08 bits per heavy atom. The van der Waals surface area contributed by atoms with Crippen LogP contribution in [0.5, 0.6) is 5.75 Å². The highest BCUT2D eigenvalue weighted by atomic mass is 32.2. The summed E-state index contributed by atoms with van der Waals surface area (Å²) in [5, 5.41) is 10.3. The number of unbranched alkanes of at least 4 members (excludes halogenated alkanes) is 1. The van der Waals surface area contributed by atoms with Crippen LogP contribution in [0.1, 0.15) is 24.0 Å². The molecule has 3 rings (SSSR count). The van der Waals surface area contributed by atoms with Crippen LogP contribution in [-0.2, 0) is 27.8 Å². The molecule has 26 heavy (non-hydrogen) atoms. The van der Waals surface area contributed by atoms with E-state index in [1.807, 2.05) is 24.3 Å². The minimum absolute atomic E-state index is 0.0180. The third-order valence-corrected chi connectivity index (χ3v) is 5.98. The van der Waals surface area contributed by atoms with Crippen LogP contribution < -0.4 is 9.03 Å². The molecule has 1 saturated heterocycles. The lowest BCUT2D eigenvalue weighted by Crippen LogP contribution is -2.30. The number of rotatable bonds is 7. The summed E-state index contributed by atoms with van der Waals surface area (Å²) in [6, 6.07) is 14.5. The summed E-state index contributed by atoms with van der Waals surface area (Å²) in [4.78, 5) is 10.8. The molecule has 2 N–H and O–H groups in total. The minimum Gasteiger partial charge on any atom is -0.506 e. The quantitative estimate of drug-likeness (QED) is 0.574. The van der Waals surface area contributed by atoms with E-state index in [1.54, 1.807) is 12.1 Å². The SMILES string of the molecule is O=CC1CN(c2ccc(CCCCc3ccccc3)cc2O)S(=O)(=O)N1. The predicted molar refractivity (Wildman–Crippen MR) is 100 cm³/mol. The number of benzene rings is 2. The first kappa shape index (κ1) is 18.4. The van der Waals surface area contributed by atoms with Gasteiger partial charge in [-0.25, -0.2) is 0 Å². The van der Waals surface area contributed by atoms with Crippen LogP contribution in [0, 0.1) is 0 Å². The van der Waals surface area contributed by atoms with Crippen LogP contribution in [0.4, 0.5) is 5.69 Å². The highest BCUT2D eigenvalue weighted by Crippen LogP contribution is 2.32. The lowest BCUT2D eigenvalue weighted by Gasteiger charge is -2.17. The van der Waals surface area contributed by atoms with Gasteiger partial charge in [-0.1, -0.05) is 36.4 Å². The molecule has 1 aliphatic heterocycles. The van der Waals surface area contributed by atoms with E-state index in [0.717, 1.165) is 35.6 Å². The number of nitrogens with zero attached hydrogens (tertiary/aromatic N) is 1. The summed E-state index contributed by atoms with van der Waals surface area (Å²) in [6.07, 6.45) is 4.39. The first-order valence-corrected chi connectivity index (χ1v) is 10.0. The Balaban J connectivity index is 1.60. The highest BCUT2D eigenvalue weighted by Gasteiger charge is 2.36. The van der Waals surface area contributed by atoms with Gasteiger partial charge in [-0.05, 0) is 48.9 Å². The molecule has 7 heteroatoms. The van der Waals surface area contributed by atoms with Crippen molar-refractivity contribution >= 4 is 22.2 Å². The molecule has 0 radical (unpaired) electrons. The zero-order valence-corrected chi connectivity index (χ0v) is 15.2. The lowest BCUT2D eigenvalue weighted by atomic mass is 10.0. The van der Waals surface area contributed by atoms with E-state index in [4.69, 9.17) is 0 Å². The van der Waals surface area contributed by atoms with Gasteiger partial charge in [-0.3, -0.25) is 4.31 Å². The Labute approximate surface area is 153 Å². The predicted octanol–water partition coefficient (Wildman–Crippen LogP) is 2.18. The molecule has 138 valence electrons. The second-order valence-electron chi connectivity index (χ2n) is 6.41. The van der Waals surface area contributed by atoms with Crippen molar-refractivity contribution < 1.29 is 18.3 Å². The van der Waals surface area contributed by atoms with E-state index in [0.29, 0.717) is 6.29 Å². The lowest BCUT2D eigenvalue weighted by molar-refractivity contribution is -0.108. The van der Waals surface area contributed by atoms with Gasteiger partial charge in [0.25, 0.3) is 0 Å². The van der Waals surface area contributed by atoms with Gasteiger partial charge < -0.3 is 9.90 Å². The zero-order chi connectivity index (χ0) is 18.6. The average molecular weight is 374 g/mol. The molecule has 1 unspecified atom stereocenters. The minimum atomic E-state index is -3.80. The zero-order valence-electron chi connectivity index (χ0n) is 14.3. The third kappa shape index (κ3) is 4.23. The maximum absolute atomic E-state index is 12.1. The van der Waals surface area contributed by atoms with E-state index >= 15 is 0 Å². The Morgan fingerprint density at radius 3 is 2.38 bits per heavy atom. The Kier molecular flexibility index (Phi) is 5.58. The van der Waals surface area contributed by atoms with Gasteiger partial charge in [0.2, 0.25) is 0 Å². The third-order valence-electron chi connectivity index (χ3n) is 4.45. The second kappa shape index (κ2) is 7.88. The largest absolute Gasteiger partial charge is 0.506 e. The van der Waals surface area contributed by atoms with Crippen molar-refractivity contribution in [1.82, 2.24) is 4.72 Å². The van der Waals surface area contributed by atoms with Gasteiger partial charge >= 0.3 is 10.2 Å². The van der Waals surface area contributed by atoms with Crippen molar-refractivity contribution in [3.05, 3.63) is 59.7 Å². The van der Waals surface area contributed by atoms with Crippen molar-refractivity contribution in [1.29, 1.82) is 0 Å². The fourth-order valence-electron chi connectivity index (χ4n) is 3.11. The summed E-state index contributed by atoms with van der Waals surface area (Å²) >= 11 is 0. The number of aryl methyl sites for hydroxylation is 2. The van der Waals surface area contributed by atoms with Crippen LogP contribution in [-0.4, -0.2) is 32.4 Å². The van der Waals surface area contributed by atoms with Crippen molar-refractivity contribution in [2.75, 3.05) is 10.8 Å². The molecule has 0 aliphatic carbocycles. The van der Waals surface area contributed by atoms with Crippen molar-refractivity contribution in [3.8, 4) is 5.75 Å². The van der Waals surface area contributed by atoms with Crippen molar-refractivity contribution in [3.63, 3.8) is 0 Å². The molecular formula is C19H22N2O4S. The van der Waals surface area contributed by atoms with Gasteiger partial charge in [0, 0.05) is 0 Å². The molecular weight excluding hydrogens is 352 g/mol. The number of phenolic OH excluding ortho intramolecular Hbond substituents is 1. The molecule has 1 atom stereocenters. The number of aromatic hydroxyl groups is 1. The Morgan fingerprint density at radius 2 is 1.77 bits per heavy atom. The molecule has 1 fully saturated rings. The van der Waals surface area contributed by atoms with E-state index in [-0.39, 0.29) is 18.0 Å². The summed E-state index contributed by atoms with van der Waals surface area (Å²) in [6.45, 7) is -0.0180. The first-order valence-electron chi connectivity index (χ1n) is 8.61. The van der Waals surface area contributed by atoms with Crippen LogP contribution in [0.25, 0.3) is 0 Å². The van der Waals surface area contributed by atoms with Crippen LogP contribution in [0.3, 0.4) is 0 Å². The van der Waals surface area contributed by atoms with Crippen molar-refractivity contribution in [2.24, 2.45) is 0 Å². The molecule has 0 spiro atoms. The smallest absolute Gasteiger partial charge is 0.302 e. The van der Waals surface area contributed by atoms with Gasteiger partial charge in [0.1, 0.15) is 12.0 Å². The Hall–Kier alpha value is -2.38. The average Bonchev–Trinajstić information content (AvgIpc) is 2.94. The number of hydrogen-bond acceptors (Lipinski definition) is 4. The number of carbonyl (C=O) groups excluding carboxylic acids is 1. The molecule has 2 aromatic rings. The molecule has 0 aromatic heterocycles. The maximum atomic E-state index is 12.1. The van der Waals surface area contributed by atoms with Crippen LogP contribution >= 0.6 is 0 Å². The van der Waals surface area contributed by atoms with Gasteiger partial charge in [-0.2, -0.15) is 13.1 Å². The number of anilines is 1. The summed E-state index contributed by atoms with van der Waals surface area (Å²) in [7, 11) is -3.80. The van der Waals surface area contributed by atoms with Crippen molar-refractivity contribution in [2.45, 2.75) is 31.7 Å². The highest BCUT2D eigenvalue weighted by molar-refractivity contribution is 7.91. The van der Waals surface area contributed by atoms with Crippen LogP contribution in [0.15, 0.2) is 48.5 Å². The normalized spacial score (nSPS) is 18.8. The molecule has 6 nitrogen and oxygen atoms in total. The fraction of sp³-hybridized carbons (Fsp3) is 0.316. The molecule has 2 aromatic carbocycles. The van der Waals surface area contributed by atoms with E-state index in [1.165, 1.54) is 5.56 Å². The fourth-order valence-corrected chi connectivity index (χ4v) is 4.52. The molecule has 1 aliphatic rings. The topological polar surface area (TPSA) is 86.7 Å². The van der Waals surface area contributed by atoms with E-state index in [9.17, 15) is 18.3 Å². The van der Waals surface area contributed by atoms with E-state index < -0.39 is 16.3 Å². The van der Waals surface area contributed by atoms with E-state index in [2.05, 4.69) is 16.9 Å². The summed E-state index contributed by atoms with van der Waals surface area (Å²) < 4.78 is 27.4. The maximum Gasteiger partial charge on any atom is 0.302 e. The number of aldehydes is 1. The molecule has 1 heterocycles. The molecule has 0 saturated carbocycles. The second-order valence-corrected chi connectivity index (χ2v) is 8.04. The summed E-state index contributed by atoms with van der Waals surface area (Å²) in [5.41, 5.74) is 2.45. The Bertz CT molecular complexity index is 868. The van der Waals surface area contributed by atoms with Gasteiger partial charge in [0.15, 0.2) is 0 Å². The number of carbonyl (C=O) groups is 1. The monoisotopic (exact) mass is 374 g/mol. The van der Waals surface area contributed by atoms with Crippen LogP contribution in [0.2, 0.25) is 0 Å².